The van der Waals surface area contributed by atoms with Gasteiger partial charge >= 0.3 is 0 Å². The zero-order valence-electron chi connectivity index (χ0n) is 18.1. The van der Waals surface area contributed by atoms with Crippen LogP contribution in [0.2, 0.25) is 0 Å². The van der Waals surface area contributed by atoms with Crippen LogP contribution in [-0.4, -0.2) is 28.0 Å². The van der Waals surface area contributed by atoms with Crippen molar-refractivity contribution in [2.75, 3.05) is 18.0 Å². The quantitative estimate of drug-likeness (QED) is 0.424. The van der Waals surface area contributed by atoms with Crippen LogP contribution in [0.5, 0.6) is 5.75 Å². The van der Waals surface area contributed by atoms with Gasteiger partial charge < -0.3 is 10.1 Å². The van der Waals surface area contributed by atoms with Crippen LogP contribution in [0.1, 0.15) is 5.56 Å². The Labute approximate surface area is 193 Å². The number of fused-ring (bicyclic) bond motifs is 1. The summed E-state index contributed by atoms with van der Waals surface area (Å²) < 4.78 is 33.1. The minimum atomic E-state index is -3.97. The molecule has 1 N–H and O–H groups in total. The number of nitrogens with zero attached hydrogens (tertiary/aromatic N) is 1. The summed E-state index contributed by atoms with van der Waals surface area (Å²) in [6.07, 6.45) is 0. The van der Waals surface area contributed by atoms with Crippen LogP contribution < -0.4 is 14.4 Å². The smallest absolute Gasteiger partial charge is 0.264 e. The van der Waals surface area contributed by atoms with Gasteiger partial charge in [0.15, 0.2) is 0 Å². The normalized spacial score (nSPS) is 11.2. The molecule has 0 aromatic heterocycles. The number of carbonyl (C=O) groups excluding carboxylic acids is 1. The van der Waals surface area contributed by atoms with Crippen molar-refractivity contribution in [3.63, 3.8) is 0 Å². The molecule has 0 saturated heterocycles. The lowest BCUT2D eigenvalue weighted by Crippen LogP contribution is -2.40. The largest absolute Gasteiger partial charge is 0.497 e. The molecule has 0 aliphatic carbocycles. The van der Waals surface area contributed by atoms with E-state index in [1.165, 1.54) is 19.2 Å². The molecule has 0 aliphatic heterocycles. The zero-order valence-corrected chi connectivity index (χ0v) is 19.0. The van der Waals surface area contributed by atoms with Gasteiger partial charge in [-0.3, -0.25) is 9.10 Å². The highest BCUT2D eigenvalue weighted by atomic mass is 32.2. The van der Waals surface area contributed by atoms with Gasteiger partial charge in [-0.1, -0.05) is 60.7 Å². The first-order valence-corrected chi connectivity index (χ1v) is 11.9. The van der Waals surface area contributed by atoms with Crippen molar-refractivity contribution in [3.8, 4) is 5.75 Å². The van der Waals surface area contributed by atoms with E-state index in [9.17, 15) is 13.2 Å². The Kier molecular flexibility index (Phi) is 6.60. The van der Waals surface area contributed by atoms with Crippen molar-refractivity contribution in [1.29, 1.82) is 0 Å². The van der Waals surface area contributed by atoms with Gasteiger partial charge in [0.25, 0.3) is 10.0 Å². The molecule has 33 heavy (non-hydrogen) atoms. The molecule has 0 fully saturated rings. The number of anilines is 1. The van der Waals surface area contributed by atoms with Crippen molar-refractivity contribution >= 4 is 32.4 Å². The van der Waals surface area contributed by atoms with Gasteiger partial charge in [0.05, 0.1) is 17.7 Å². The molecule has 4 aromatic rings. The average Bonchev–Trinajstić information content (AvgIpc) is 2.86. The monoisotopic (exact) mass is 460 g/mol. The van der Waals surface area contributed by atoms with Crippen LogP contribution in [0.15, 0.2) is 102 Å². The number of sulfonamides is 1. The molecule has 0 radical (unpaired) electrons. The molecule has 4 aromatic carbocycles. The fraction of sp³-hybridized carbons (Fsp3) is 0.115. The van der Waals surface area contributed by atoms with Crippen molar-refractivity contribution in [2.45, 2.75) is 11.4 Å². The summed E-state index contributed by atoms with van der Waals surface area (Å²) in [4.78, 5) is 13.0. The van der Waals surface area contributed by atoms with E-state index in [1.54, 1.807) is 42.5 Å². The minimum Gasteiger partial charge on any atom is -0.497 e. The van der Waals surface area contributed by atoms with Crippen LogP contribution in [0, 0.1) is 0 Å². The number of para-hydroxylation sites is 1. The van der Waals surface area contributed by atoms with E-state index in [4.69, 9.17) is 4.74 Å². The molecule has 0 bridgehead atoms. The maximum absolute atomic E-state index is 13.4. The molecule has 0 heterocycles. The zero-order chi connectivity index (χ0) is 23.3. The number of rotatable bonds is 8. The Morgan fingerprint density at radius 3 is 2.24 bits per heavy atom. The SMILES string of the molecule is COc1ccc(S(=O)(=O)N(CC(=O)NCc2cccc3ccccc23)c2ccccc2)cc1. The van der Waals surface area contributed by atoms with Crippen molar-refractivity contribution < 1.29 is 17.9 Å². The van der Waals surface area contributed by atoms with Crippen LogP contribution in [-0.2, 0) is 21.4 Å². The third-order valence-electron chi connectivity index (χ3n) is 5.33. The first-order chi connectivity index (χ1) is 16.0. The van der Waals surface area contributed by atoms with Gasteiger partial charge in [-0.05, 0) is 52.7 Å². The number of carbonyl (C=O) groups is 1. The maximum Gasteiger partial charge on any atom is 0.264 e. The summed E-state index contributed by atoms with van der Waals surface area (Å²) in [6, 6.07) is 28.5. The minimum absolute atomic E-state index is 0.0778. The number of hydrogen-bond acceptors (Lipinski definition) is 4. The van der Waals surface area contributed by atoms with Crippen LogP contribution in [0.3, 0.4) is 0 Å². The second-order valence-corrected chi connectivity index (χ2v) is 9.30. The first-order valence-electron chi connectivity index (χ1n) is 10.4. The first kappa shape index (κ1) is 22.4. The molecule has 1 amide bonds. The molecular formula is C26H24N2O4S. The molecule has 0 atom stereocenters. The summed E-state index contributed by atoms with van der Waals surface area (Å²) in [6.45, 7) is -0.0471. The topological polar surface area (TPSA) is 75.7 Å². The van der Waals surface area contributed by atoms with Gasteiger partial charge in [0, 0.05) is 6.54 Å². The molecule has 0 saturated carbocycles. The lowest BCUT2D eigenvalue weighted by Gasteiger charge is -2.24. The molecular weight excluding hydrogens is 436 g/mol. The number of ether oxygens (including phenoxy) is 1. The van der Waals surface area contributed by atoms with E-state index in [1.807, 2.05) is 42.5 Å². The van der Waals surface area contributed by atoms with E-state index < -0.39 is 15.9 Å². The Morgan fingerprint density at radius 1 is 0.848 bits per heavy atom. The summed E-state index contributed by atoms with van der Waals surface area (Å²) in [7, 11) is -2.46. The average molecular weight is 461 g/mol. The predicted octanol–water partition coefficient (Wildman–Crippen LogP) is 4.36. The lowest BCUT2D eigenvalue weighted by atomic mass is 10.0. The highest BCUT2D eigenvalue weighted by Gasteiger charge is 2.27. The lowest BCUT2D eigenvalue weighted by molar-refractivity contribution is -0.119. The fourth-order valence-corrected chi connectivity index (χ4v) is 5.03. The van der Waals surface area contributed by atoms with E-state index in [-0.39, 0.29) is 11.4 Å². The summed E-state index contributed by atoms with van der Waals surface area (Å²) >= 11 is 0. The number of hydrogen-bond donors (Lipinski definition) is 1. The van der Waals surface area contributed by atoms with E-state index in [2.05, 4.69) is 5.32 Å². The maximum atomic E-state index is 13.4. The van der Waals surface area contributed by atoms with Crippen LogP contribution in [0.4, 0.5) is 5.69 Å². The highest BCUT2D eigenvalue weighted by molar-refractivity contribution is 7.92. The number of nitrogens with one attached hydrogen (secondary N) is 1. The Hall–Kier alpha value is -3.84. The number of methoxy groups -OCH3 is 1. The molecule has 0 spiro atoms. The summed E-state index contributed by atoms with van der Waals surface area (Å²) in [5, 5.41) is 5.00. The summed E-state index contributed by atoms with van der Waals surface area (Å²) in [5.41, 5.74) is 1.37. The van der Waals surface area contributed by atoms with Crippen molar-refractivity contribution in [1.82, 2.24) is 5.32 Å². The van der Waals surface area contributed by atoms with Gasteiger partial charge in [-0.15, -0.1) is 0 Å². The molecule has 7 heteroatoms. The van der Waals surface area contributed by atoms with Crippen molar-refractivity contribution in [3.05, 3.63) is 103 Å². The van der Waals surface area contributed by atoms with Gasteiger partial charge in [0.2, 0.25) is 5.91 Å². The predicted molar refractivity (Wildman–Crippen MR) is 130 cm³/mol. The Morgan fingerprint density at radius 2 is 1.52 bits per heavy atom. The number of benzene rings is 4. The second kappa shape index (κ2) is 9.75. The van der Waals surface area contributed by atoms with Crippen molar-refractivity contribution in [2.24, 2.45) is 0 Å². The molecule has 168 valence electrons. The third-order valence-corrected chi connectivity index (χ3v) is 7.12. The fourth-order valence-electron chi connectivity index (χ4n) is 3.61. The van der Waals surface area contributed by atoms with Gasteiger partial charge in [-0.25, -0.2) is 8.42 Å². The van der Waals surface area contributed by atoms with E-state index in [0.717, 1.165) is 20.6 Å². The van der Waals surface area contributed by atoms with E-state index in [0.29, 0.717) is 18.0 Å². The number of amides is 1. The molecule has 6 nitrogen and oxygen atoms in total. The third kappa shape index (κ3) is 4.99. The van der Waals surface area contributed by atoms with Gasteiger partial charge in [-0.2, -0.15) is 0 Å². The Balaban J connectivity index is 1.57. The molecule has 0 aliphatic rings. The molecule has 4 rings (SSSR count). The second-order valence-electron chi connectivity index (χ2n) is 7.44. The van der Waals surface area contributed by atoms with Gasteiger partial charge in [0.1, 0.15) is 12.3 Å². The Bertz CT molecular complexity index is 1350. The highest BCUT2D eigenvalue weighted by Crippen LogP contribution is 2.25. The standard InChI is InChI=1S/C26H24N2O4S/c1-32-23-14-16-24(17-15-23)33(30,31)28(22-11-3-2-4-12-22)19-26(29)27-18-21-10-7-9-20-8-5-6-13-25(20)21/h2-17H,18-19H2,1H3,(H,27,29). The van der Waals surface area contributed by atoms with Crippen LogP contribution >= 0.6 is 0 Å². The van der Waals surface area contributed by atoms with E-state index >= 15 is 0 Å². The molecule has 0 unspecified atom stereocenters. The summed E-state index contributed by atoms with van der Waals surface area (Å²) in [5.74, 6) is 0.150. The van der Waals surface area contributed by atoms with Crippen LogP contribution in [0.25, 0.3) is 10.8 Å².